The van der Waals surface area contributed by atoms with E-state index >= 15 is 0 Å². The van der Waals surface area contributed by atoms with Crippen molar-refractivity contribution in [2.45, 2.75) is 6.04 Å². The average molecular weight is 282 g/mol. The smallest absolute Gasteiger partial charge is 0.165 e. The Balaban J connectivity index is 2.49. The Hall–Kier alpha value is -2.05. The summed E-state index contributed by atoms with van der Waals surface area (Å²) >= 11 is 0. The summed E-state index contributed by atoms with van der Waals surface area (Å²) in [6.45, 7) is 0. The third-order valence-electron chi connectivity index (χ3n) is 2.94. The van der Waals surface area contributed by atoms with E-state index in [1.165, 1.54) is 25.3 Å². The number of hydrazine groups is 1. The Labute approximate surface area is 114 Å². The van der Waals surface area contributed by atoms with Crippen molar-refractivity contribution >= 4 is 0 Å². The standard InChI is InChI=1S/C14H13F3N2O/c1-20-13-6-8(2-4-12(13)17)14(19-18)10-7-9(15)3-5-11(10)16/h2-7,14,19H,18H2,1H3. The highest BCUT2D eigenvalue weighted by Crippen LogP contribution is 2.28. The van der Waals surface area contributed by atoms with Crippen LogP contribution in [0.2, 0.25) is 0 Å². The summed E-state index contributed by atoms with van der Waals surface area (Å²) in [5, 5.41) is 0. The summed E-state index contributed by atoms with van der Waals surface area (Å²) in [6, 6.07) is 6.22. The van der Waals surface area contributed by atoms with Gasteiger partial charge in [-0.15, -0.1) is 0 Å². The highest BCUT2D eigenvalue weighted by molar-refractivity contribution is 5.38. The molecule has 0 aliphatic rings. The van der Waals surface area contributed by atoms with Gasteiger partial charge in [0.1, 0.15) is 11.6 Å². The van der Waals surface area contributed by atoms with E-state index in [4.69, 9.17) is 10.6 Å². The SMILES string of the molecule is COc1cc(C(NN)c2cc(F)ccc2F)ccc1F. The van der Waals surface area contributed by atoms with Gasteiger partial charge in [0.05, 0.1) is 13.2 Å². The van der Waals surface area contributed by atoms with E-state index in [0.29, 0.717) is 5.56 Å². The van der Waals surface area contributed by atoms with Gasteiger partial charge in [0.2, 0.25) is 0 Å². The fourth-order valence-electron chi connectivity index (χ4n) is 1.96. The first kappa shape index (κ1) is 14.4. The highest BCUT2D eigenvalue weighted by Gasteiger charge is 2.19. The molecular weight excluding hydrogens is 269 g/mol. The Morgan fingerprint density at radius 3 is 2.40 bits per heavy atom. The van der Waals surface area contributed by atoms with Gasteiger partial charge in [-0.25, -0.2) is 18.6 Å². The molecule has 6 heteroatoms. The van der Waals surface area contributed by atoms with Gasteiger partial charge in [-0.2, -0.15) is 0 Å². The minimum atomic E-state index is -0.819. The number of hydrogen-bond donors (Lipinski definition) is 2. The molecule has 0 saturated heterocycles. The van der Waals surface area contributed by atoms with Crippen molar-refractivity contribution < 1.29 is 17.9 Å². The van der Waals surface area contributed by atoms with Crippen LogP contribution in [0.1, 0.15) is 17.2 Å². The summed E-state index contributed by atoms with van der Waals surface area (Å²) in [6.07, 6.45) is 0. The van der Waals surface area contributed by atoms with Crippen molar-refractivity contribution in [3.8, 4) is 5.75 Å². The van der Waals surface area contributed by atoms with E-state index in [1.54, 1.807) is 0 Å². The van der Waals surface area contributed by atoms with Crippen LogP contribution in [0, 0.1) is 17.5 Å². The van der Waals surface area contributed by atoms with Crippen molar-refractivity contribution in [2.24, 2.45) is 5.84 Å². The third-order valence-corrected chi connectivity index (χ3v) is 2.94. The second kappa shape index (κ2) is 5.94. The number of halogens is 3. The molecule has 0 amide bonds. The van der Waals surface area contributed by atoms with Gasteiger partial charge >= 0.3 is 0 Å². The quantitative estimate of drug-likeness (QED) is 0.669. The lowest BCUT2D eigenvalue weighted by Gasteiger charge is -2.18. The Kier molecular flexibility index (Phi) is 4.26. The van der Waals surface area contributed by atoms with Crippen LogP contribution in [-0.4, -0.2) is 7.11 Å². The number of rotatable bonds is 4. The molecule has 2 aromatic rings. The lowest BCUT2D eigenvalue weighted by atomic mass is 9.98. The van der Waals surface area contributed by atoms with E-state index in [-0.39, 0.29) is 11.3 Å². The molecule has 1 unspecified atom stereocenters. The summed E-state index contributed by atoms with van der Waals surface area (Å²) in [5.41, 5.74) is 2.87. The molecule has 0 aliphatic carbocycles. The summed E-state index contributed by atoms with van der Waals surface area (Å²) in [5.74, 6) is 3.66. The normalized spacial score (nSPS) is 12.2. The van der Waals surface area contributed by atoms with Crippen LogP contribution in [0.25, 0.3) is 0 Å². The highest BCUT2D eigenvalue weighted by atomic mass is 19.1. The lowest BCUT2D eigenvalue weighted by Crippen LogP contribution is -2.29. The van der Waals surface area contributed by atoms with E-state index in [1.807, 2.05) is 0 Å². The molecule has 1 atom stereocenters. The number of nitrogens with two attached hydrogens (primary N) is 1. The van der Waals surface area contributed by atoms with Gasteiger partial charge < -0.3 is 4.74 Å². The number of nitrogens with one attached hydrogen (secondary N) is 1. The van der Waals surface area contributed by atoms with E-state index in [0.717, 1.165) is 18.2 Å². The molecule has 2 aromatic carbocycles. The molecule has 2 rings (SSSR count). The fourth-order valence-corrected chi connectivity index (χ4v) is 1.96. The van der Waals surface area contributed by atoms with E-state index < -0.39 is 23.5 Å². The van der Waals surface area contributed by atoms with Crippen LogP contribution >= 0.6 is 0 Å². The van der Waals surface area contributed by atoms with Crippen LogP contribution in [0.15, 0.2) is 36.4 Å². The van der Waals surface area contributed by atoms with Gasteiger partial charge in [-0.1, -0.05) is 6.07 Å². The van der Waals surface area contributed by atoms with Crippen molar-refractivity contribution in [1.29, 1.82) is 0 Å². The first-order valence-corrected chi connectivity index (χ1v) is 5.81. The molecule has 20 heavy (non-hydrogen) atoms. The molecule has 0 heterocycles. The third kappa shape index (κ3) is 2.76. The molecule has 0 fully saturated rings. The number of hydrogen-bond acceptors (Lipinski definition) is 3. The summed E-state index contributed by atoms with van der Waals surface area (Å²) < 4.78 is 45.3. The molecular formula is C14H13F3N2O. The van der Waals surface area contributed by atoms with Crippen LogP contribution in [0.5, 0.6) is 5.75 Å². The largest absolute Gasteiger partial charge is 0.494 e. The summed E-state index contributed by atoms with van der Waals surface area (Å²) in [4.78, 5) is 0. The summed E-state index contributed by atoms with van der Waals surface area (Å²) in [7, 11) is 1.32. The van der Waals surface area contributed by atoms with Crippen LogP contribution in [0.4, 0.5) is 13.2 Å². The Morgan fingerprint density at radius 2 is 1.75 bits per heavy atom. The van der Waals surface area contributed by atoms with Crippen LogP contribution in [-0.2, 0) is 0 Å². The molecule has 3 nitrogen and oxygen atoms in total. The minimum Gasteiger partial charge on any atom is -0.494 e. The van der Waals surface area contributed by atoms with Crippen LogP contribution in [0.3, 0.4) is 0 Å². The minimum absolute atomic E-state index is 0.000406. The molecule has 0 aromatic heterocycles. The van der Waals surface area contributed by atoms with Crippen molar-refractivity contribution in [2.75, 3.05) is 7.11 Å². The first-order chi connectivity index (χ1) is 9.56. The van der Waals surface area contributed by atoms with Gasteiger partial charge in [-0.05, 0) is 35.9 Å². The predicted octanol–water partition coefficient (Wildman–Crippen LogP) is 2.67. The second-order valence-electron chi connectivity index (χ2n) is 4.16. The van der Waals surface area contributed by atoms with E-state index in [2.05, 4.69) is 5.43 Å². The molecule has 0 aliphatic heterocycles. The van der Waals surface area contributed by atoms with Gasteiger partial charge in [-0.3, -0.25) is 5.84 Å². The van der Waals surface area contributed by atoms with Crippen molar-refractivity contribution in [3.05, 3.63) is 65.0 Å². The number of benzene rings is 2. The second-order valence-corrected chi connectivity index (χ2v) is 4.16. The molecule has 0 bridgehead atoms. The monoisotopic (exact) mass is 282 g/mol. The zero-order chi connectivity index (χ0) is 14.7. The average Bonchev–Trinajstić information content (AvgIpc) is 2.45. The molecule has 106 valence electrons. The maximum absolute atomic E-state index is 13.8. The topological polar surface area (TPSA) is 47.3 Å². The number of ether oxygens (including phenoxy) is 1. The zero-order valence-corrected chi connectivity index (χ0v) is 10.7. The van der Waals surface area contributed by atoms with Crippen molar-refractivity contribution in [1.82, 2.24) is 5.43 Å². The first-order valence-electron chi connectivity index (χ1n) is 5.81. The number of methoxy groups -OCH3 is 1. The molecule has 3 N–H and O–H groups in total. The van der Waals surface area contributed by atoms with Gasteiger partial charge in [0.25, 0.3) is 0 Å². The van der Waals surface area contributed by atoms with Crippen molar-refractivity contribution in [3.63, 3.8) is 0 Å². The maximum Gasteiger partial charge on any atom is 0.165 e. The maximum atomic E-state index is 13.8. The van der Waals surface area contributed by atoms with Gasteiger partial charge in [0, 0.05) is 5.56 Å². The fraction of sp³-hybridized carbons (Fsp3) is 0.143. The zero-order valence-electron chi connectivity index (χ0n) is 10.7. The van der Waals surface area contributed by atoms with Crippen LogP contribution < -0.4 is 16.0 Å². The lowest BCUT2D eigenvalue weighted by molar-refractivity contribution is 0.385. The predicted molar refractivity (Wildman–Crippen MR) is 68.5 cm³/mol. The molecule has 0 radical (unpaired) electrons. The molecule has 0 spiro atoms. The Morgan fingerprint density at radius 1 is 1.05 bits per heavy atom. The van der Waals surface area contributed by atoms with E-state index in [9.17, 15) is 13.2 Å². The Bertz CT molecular complexity index is 619. The molecule has 0 saturated carbocycles. The van der Waals surface area contributed by atoms with Gasteiger partial charge in [0.15, 0.2) is 11.6 Å².